The van der Waals surface area contributed by atoms with Crippen LogP contribution in [0.3, 0.4) is 0 Å². The van der Waals surface area contributed by atoms with E-state index in [1.165, 1.54) is 18.3 Å². The maximum absolute atomic E-state index is 15.3. The molecule has 2 aromatic carbocycles. The van der Waals surface area contributed by atoms with Crippen molar-refractivity contribution in [2.75, 3.05) is 69.8 Å². The molecule has 2 atom stereocenters. The molecule has 8 rings (SSSR count). The lowest BCUT2D eigenvalue weighted by atomic mass is 9.87. The summed E-state index contributed by atoms with van der Waals surface area (Å²) in [6.45, 7) is 6.31. The van der Waals surface area contributed by atoms with Gasteiger partial charge in [-0.15, -0.1) is 0 Å². The third-order valence-electron chi connectivity index (χ3n) is 12.5. The zero-order valence-corrected chi connectivity index (χ0v) is 40.1. The minimum absolute atomic E-state index is 0.0151. The fourth-order valence-corrected chi connectivity index (χ4v) is 9.24. The summed E-state index contributed by atoms with van der Waals surface area (Å²) >= 11 is 0. The van der Waals surface area contributed by atoms with Crippen molar-refractivity contribution in [3.63, 3.8) is 0 Å². The number of hydrogen-bond donors (Lipinski definition) is 5. The number of nitrogens with one attached hydrogen (secondary N) is 4. The third kappa shape index (κ3) is 11.9. The molecule has 3 aliphatic heterocycles. The van der Waals surface area contributed by atoms with Crippen molar-refractivity contribution in [3.8, 4) is 11.3 Å². The Morgan fingerprint density at radius 3 is 2.41 bits per heavy atom. The molecule has 0 radical (unpaired) electrons. The Labute approximate surface area is 416 Å². The molecular formula is C49H53F2N11O11. The van der Waals surface area contributed by atoms with E-state index in [9.17, 15) is 33.6 Å². The summed E-state index contributed by atoms with van der Waals surface area (Å²) < 4.78 is 48.9. The average Bonchev–Trinajstić information content (AvgIpc) is 3.83. The number of anilines is 3. The van der Waals surface area contributed by atoms with E-state index in [4.69, 9.17) is 19.3 Å². The largest absolute Gasteiger partial charge is 0.480 e. The highest BCUT2D eigenvalue weighted by Crippen LogP contribution is 2.36. The second-order valence-electron chi connectivity index (χ2n) is 17.9. The van der Waals surface area contributed by atoms with Gasteiger partial charge in [0.15, 0.2) is 11.6 Å². The highest BCUT2D eigenvalue weighted by atomic mass is 19.1. The number of piperidine rings is 2. The maximum atomic E-state index is 15.3. The molecule has 24 heteroatoms. The maximum Gasteiger partial charge on any atom is 0.332 e. The van der Waals surface area contributed by atoms with Gasteiger partial charge in [0.1, 0.15) is 48.2 Å². The van der Waals surface area contributed by atoms with E-state index in [0.29, 0.717) is 48.5 Å². The predicted octanol–water partition coefficient (Wildman–Crippen LogP) is 3.84. The highest BCUT2D eigenvalue weighted by molar-refractivity contribution is 6.25. The van der Waals surface area contributed by atoms with Gasteiger partial charge in [0.05, 0.1) is 42.6 Å². The summed E-state index contributed by atoms with van der Waals surface area (Å²) in [5.74, 6) is -5.39. The molecule has 6 heterocycles. The van der Waals surface area contributed by atoms with Crippen LogP contribution < -0.4 is 21.3 Å². The van der Waals surface area contributed by atoms with Crippen LogP contribution in [0.2, 0.25) is 0 Å². The number of imide groups is 2. The molecule has 73 heavy (non-hydrogen) atoms. The van der Waals surface area contributed by atoms with Crippen LogP contribution in [0.1, 0.15) is 83.8 Å². The minimum Gasteiger partial charge on any atom is -0.480 e. The number of rotatable bonds is 21. The minimum atomic E-state index is -1.25. The number of esters is 1. The average molecular weight is 1010 g/mol. The molecule has 22 nitrogen and oxygen atoms in total. The molecule has 0 aliphatic carbocycles. The normalized spacial score (nSPS) is 16.7. The van der Waals surface area contributed by atoms with Crippen molar-refractivity contribution in [1.29, 1.82) is 0 Å². The number of amides is 5. The molecule has 384 valence electrons. The first-order chi connectivity index (χ1) is 35.1. The number of hydrogen-bond acceptors (Lipinski definition) is 17. The molecule has 0 bridgehead atoms. The lowest BCUT2D eigenvalue weighted by molar-refractivity contribution is -0.160. The summed E-state index contributed by atoms with van der Waals surface area (Å²) in [6, 6.07) is 9.74. The van der Waals surface area contributed by atoms with E-state index in [0.717, 1.165) is 11.1 Å². The van der Waals surface area contributed by atoms with Crippen molar-refractivity contribution in [1.82, 2.24) is 44.9 Å². The van der Waals surface area contributed by atoms with Gasteiger partial charge in [-0.3, -0.25) is 39.1 Å². The molecule has 0 spiro atoms. The smallest absolute Gasteiger partial charge is 0.332 e. The van der Waals surface area contributed by atoms with Gasteiger partial charge >= 0.3 is 11.9 Å². The number of halogens is 2. The SMILES string of the molecule is Cc1nc2c(F)cc(-c3nc(Nc4ccc([C@H](OC(=O)COCC(=O)O)C5CCN(CC(=O)NCCOCCNc6cccc7c6C(=O)N(C6CCC(=O)NC6=O)C7=O)CC5)cn4)ncc3F)cc2n1C(C)C. The number of fused-ring (bicyclic) bond motifs is 2. The number of pyridine rings is 1. The molecule has 2 saturated heterocycles. The van der Waals surface area contributed by atoms with Gasteiger partial charge in [-0.05, 0) is 83.5 Å². The number of carboxylic acids is 1. The number of carbonyl (C=O) groups is 7. The first-order valence-electron chi connectivity index (χ1n) is 23.6. The second kappa shape index (κ2) is 22.7. The Hall–Kier alpha value is -7.83. The molecule has 5 amide bonds. The molecule has 3 aromatic heterocycles. The van der Waals surface area contributed by atoms with E-state index in [1.54, 1.807) is 37.3 Å². The predicted molar refractivity (Wildman–Crippen MR) is 255 cm³/mol. The van der Waals surface area contributed by atoms with E-state index in [2.05, 4.69) is 41.2 Å². The van der Waals surface area contributed by atoms with E-state index >= 15 is 8.78 Å². The number of ether oxygens (including phenoxy) is 3. The monoisotopic (exact) mass is 1010 g/mol. The van der Waals surface area contributed by atoms with Crippen LogP contribution in [0.15, 0.2) is 54.9 Å². The molecule has 5 aromatic rings. The number of imidazole rings is 1. The molecular weight excluding hydrogens is 957 g/mol. The van der Waals surface area contributed by atoms with Gasteiger partial charge in [-0.2, -0.15) is 0 Å². The van der Waals surface area contributed by atoms with Crippen LogP contribution in [-0.2, 0) is 38.2 Å². The first kappa shape index (κ1) is 51.5. The lowest BCUT2D eigenvalue weighted by Gasteiger charge is -2.35. The number of likely N-dealkylation sites (tertiary alicyclic amines) is 1. The van der Waals surface area contributed by atoms with Crippen molar-refractivity contribution in [2.45, 2.75) is 64.6 Å². The van der Waals surface area contributed by atoms with Crippen molar-refractivity contribution in [3.05, 3.63) is 89.0 Å². The van der Waals surface area contributed by atoms with Crippen molar-refractivity contribution >= 4 is 70.0 Å². The Kier molecular flexibility index (Phi) is 16.0. The molecule has 1 unspecified atom stereocenters. The number of aryl methyl sites for hydroxylation is 1. The summed E-state index contributed by atoms with van der Waals surface area (Å²) in [6.07, 6.45) is 2.76. The molecule has 5 N–H and O–H groups in total. The number of carboxylic acid groups (broad SMARTS) is 1. The van der Waals surface area contributed by atoms with Gasteiger partial charge in [0, 0.05) is 54.5 Å². The summed E-state index contributed by atoms with van der Waals surface area (Å²) in [5.41, 5.74) is 1.93. The van der Waals surface area contributed by atoms with Gasteiger partial charge in [0.2, 0.25) is 23.7 Å². The standard InChI is InChI=1S/C49H53F2N11O11/c1-26(2)61-27(3)56-44-32(50)19-30(20-36(44)61)43-33(51)22-55-49(59-43)57-37-9-7-29(21-54-37)45(73-41(67)25-72-24-40(65)66)28-11-15-60(16-12-28)23-39(64)53-14-18-71-17-13-52-34-6-4-5-31-42(34)48(70)62(47(31)69)35-8-10-38(63)58-46(35)68/h4-7,9,19-22,26,28,35,45,52H,8,10-18,23-25H2,1-3H3,(H,53,64)(H,65,66)(H,58,63,68)(H,54,55,57,59)/t35?,45-/m1/s1. The zero-order valence-electron chi connectivity index (χ0n) is 40.1. The molecule has 2 fully saturated rings. The number of aromatic nitrogens is 5. The summed E-state index contributed by atoms with van der Waals surface area (Å²) in [5, 5.41) is 20.0. The topological polar surface area (TPSA) is 278 Å². The van der Waals surface area contributed by atoms with Crippen molar-refractivity contribution in [2.24, 2.45) is 5.92 Å². The lowest BCUT2D eigenvalue weighted by Crippen LogP contribution is -2.54. The molecule has 3 aliphatic rings. The van der Waals surface area contributed by atoms with Crippen LogP contribution in [0.4, 0.5) is 26.2 Å². The quantitative estimate of drug-likeness (QED) is 0.0397. The summed E-state index contributed by atoms with van der Waals surface area (Å²) in [7, 11) is 0. The fraction of sp³-hybridized carbons (Fsp3) is 0.408. The van der Waals surface area contributed by atoms with Gasteiger partial charge in [-0.1, -0.05) is 12.1 Å². The Morgan fingerprint density at radius 1 is 0.904 bits per heavy atom. The van der Waals surface area contributed by atoms with E-state index in [1.807, 2.05) is 23.3 Å². The number of aliphatic carboxylic acids is 1. The molecule has 0 saturated carbocycles. The summed E-state index contributed by atoms with van der Waals surface area (Å²) in [4.78, 5) is 107. The van der Waals surface area contributed by atoms with Gasteiger partial charge in [-0.25, -0.2) is 38.3 Å². The van der Waals surface area contributed by atoms with Crippen LogP contribution in [-0.4, -0.2) is 146 Å². The van der Waals surface area contributed by atoms with E-state index < -0.39 is 72.6 Å². The Balaban J connectivity index is 0.813. The Bertz CT molecular complexity index is 2950. The Morgan fingerprint density at radius 2 is 1.68 bits per heavy atom. The zero-order chi connectivity index (χ0) is 51.9. The van der Waals surface area contributed by atoms with E-state index in [-0.39, 0.29) is 103 Å². The van der Waals surface area contributed by atoms with Crippen molar-refractivity contribution < 1.29 is 61.7 Å². The van der Waals surface area contributed by atoms with Crippen LogP contribution >= 0.6 is 0 Å². The highest BCUT2D eigenvalue weighted by Gasteiger charge is 2.45. The number of carbonyl (C=O) groups excluding carboxylic acids is 6. The fourth-order valence-electron chi connectivity index (χ4n) is 9.24. The first-order valence-corrected chi connectivity index (χ1v) is 23.6. The number of benzene rings is 2. The van der Waals surface area contributed by atoms with Gasteiger partial charge < -0.3 is 39.8 Å². The second-order valence-corrected chi connectivity index (χ2v) is 17.9. The van der Waals surface area contributed by atoms with Crippen LogP contribution in [0, 0.1) is 24.5 Å². The van der Waals surface area contributed by atoms with Crippen LogP contribution in [0.5, 0.6) is 0 Å². The van der Waals surface area contributed by atoms with Crippen LogP contribution in [0.25, 0.3) is 22.3 Å². The number of nitrogens with zero attached hydrogens (tertiary/aromatic N) is 7. The third-order valence-corrected chi connectivity index (χ3v) is 12.5. The van der Waals surface area contributed by atoms with Gasteiger partial charge in [0.25, 0.3) is 11.8 Å².